The van der Waals surface area contributed by atoms with Crippen molar-refractivity contribution in [2.75, 3.05) is 75.1 Å². The Kier molecular flexibility index (Phi) is 11.5. The summed E-state index contributed by atoms with van der Waals surface area (Å²) in [5, 5.41) is 5.60. The van der Waals surface area contributed by atoms with Crippen molar-refractivity contribution in [3.63, 3.8) is 0 Å². The van der Waals surface area contributed by atoms with Crippen molar-refractivity contribution in [3.05, 3.63) is 101 Å². The van der Waals surface area contributed by atoms with Crippen LogP contribution >= 0.6 is 0 Å². The molecule has 3 amide bonds. The first kappa shape index (κ1) is 36.5. The van der Waals surface area contributed by atoms with Crippen molar-refractivity contribution < 1.29 is 32.3 Å². The summed E-state index contributed by atoms with van der Waals surface area (Å²) in [7, 11) is 1.73. The number of benzene rings is 3. The van der Waals surface area contributed by atoms with Gasteiger partial charge in [-0.3, -0.25) is 19.3 Å². The number of amides is 3. The second-order valence-electron chi connectivity index (χ2n) is 12.8. The highest BCUT2D eigenvalue weighted by Gasteiger charge is 2.30. The van der Waals surface area contributed by atoms with E-state index in [2.05, 4.69) is 30.4 Å². The van der Waals surface area contributed by atoms with Crippen molar-refractivity contribution in [2.45, 2.75) is 25.4 Å². The highest BCUT2D eigenvalue weighted by molar-refractivity contribution is 6.13. The van der Waals surface area contributed by atoms with Crippen molar-refractivity contribution in [1.82, 2.24) is 19.8 Å². The van der Waals surface area contributed by atoms with E-state index in [9.17, 15) is 27.6 Å². The van der Waals surface area contributed by atoms with Gasteiger partial charge in [0.2, 0.25) is 0 Å². The Hall–Kier alpha value is -5.34. The van der Waals surface area contributed by atoms with Crippen molar-refractivity contribution in [2.24, 2.45) is 0 Å². The number of anilines is 3. The molecule has 0 bridgehead atoms. The van der Waals surface area contributed by atoms with Gasteiger partial charge >= 0.3 is 6.18 Å². The minimum absolute atomic E-state index is 0.0631. The third kappa shape index (κ3) is 9.11. The summed E-state index contributed by atoms with van der Waals surface area (Å²) in [6.07, 6.45) is 1.28. The Morgan fingerprint density at radius 2 is 1.54 bits per heavy atom. The number of piperidine rings is 1. The summed E-state index contributed by atoms with van der Waals surface area (Å²) in [6, 6.07) is 16.4. The number of hydrogen-bond donors (Lipinski definition) is 2. The number of carbonyl (C=O) groups excluding carboxylic acids is 3. The summed E-state index contributed by atoms with van der Waals surface area (Å²) in [5.41, 5.74) is 1.45. The number of likely N-dealkylation sites (N-methyl/N-ethyl adjacent to an activating group) is 1. The van der Waals surface area contributed by atoms with Crippen molar-refractivity contribution in [3.8, 4) is 11.4 Å². The molecule has 14 heteroatoms. The van der Waals surface area contributed by atoms with Gasteiger partial charge in [0.1, 0.15) is 0 Å². The molecule has 0 aliphatic carbocycles. The quantitative estimate of drug-likeness (QED) is 0.204. The van der Waals surface area contributed by atoms with E-state index in [4.69, 9.17) is 4.74 Å². The molecular formula is C38H40F3N7O4. The molecule has 1 aromatic heterocycles. The van der Waals surface area contributed by atoms with Gasteiger partial charge in [-0.2, -0.15) is 13.2 Å². The van der Waals surface area contributed by atoms with E-state index in [0.717, 1.165) is 69.8 Å². The summed E-state index contributed by atoms with van der Waals surface area (Å²) < 4.78 is 45.1. The lowest BCUT2D eigenvalue weighted by molar-refractivity contribution is -0.137. The van der Waals surface area contributed by atoms with Crippen LogP contribution in [-0.2, 0) is 10.9 Å². The molecule has 52 heavy (non-hydrogen) atoms. The number of ether oxygens (including phenoxy) is 1. The molecule has 0 radical (unpaired) electrons. The van der Waals surface area contributed by atoms with Gasteiger partial charge in [-0.1, -0.05) is 18.2 Å². The first-order valence-corrected chi connectivity index (χ1v) is 17.2. The van der Waals surface area contributed by atoms with Gasteiger partial charge in [-0.15, -0.1) is 0 Å². The lowest BCUT2D eigenvalue weighted by Crippen LogP contribution is -2.41. The standard InChI is InChI=1S/C38H40F3N7O4/c1-46(15-16-47-17-19-52-20-18-47)37(51)28-9-5-8-27(21-28)35(49)45-33-12-11-31(48-13-3-2-4-14-48)23-32(33)36(50)44-30-24-42-34(43-25-30)26-7-6-10-29(22-26)38(39,40)41/h5-12,21-25H,2-4,13-20H2,1H3,(H,44,50)(H,45,49). The first-order chi connectivity index (χ1) is 25.0. The molecule has 0 atom stereocenters. The fourth-order valence-electron chi connectivity index (χ4n) is 6.18. The second kappa shape index (κ2) is 16.3. The van der Waals surface area contributed by atoms with Crippen LogP contribution in [0.2, 0.25) is 0 Å². The topological polar surface area (TPSA) is 120 Å². The Balaban J connectivity index is 1.18. The molecule has 2 aliphatic rings. The van der Waals surface area contributed by atoms with Crippen LogP contribution < -0.4 is 15.5 Å². The predicted octanol–water partition coefficient (Wildman–Crippen LogP) is 6.06. The van der Waals surface area contributed by atoms with Gasteiger partial charge in [-0.25, -0.2) is 9.97 Å². The molecule has 0 unspecified atom stereocenters. The summed E-state index contributed by atoms with van der Waals surface area (Å²) in [6.45, 7) is 5.89. The van der Waals surface area contributed by atoms with Gasteiger partial charge in [-0.05, 0) is 67.8 Å². The number of morpholine rings is 1. The van der Waals surface area contributed by atoms with Crippen LogP contribution in [0.4, 0.5) is 30.2 Å². The molecule has 0 saturated carbocycles. The van der Waals surface area contributed by atoms with E-state index in [1.807, 2.05) is 6.07 Å². The average molecular weight is 716 g/mol. The fourth-order valence-corrected chi connectivity index (χ4v) is 6.18. The van der Waals surface area contributed by atoms with E-state index in [-0.39, 0.29) is 39.8 Å². The minimum Gasteiger partial charge on any atom is -0.379 e. The molecule has 2 aliphatic heterocycles. The third-order valence-electron chi connectivity index (χ3n) is 9.15. The Bertz CT molecular complexity index is 1890. The molecule has 2 saturated heterocycles. The van der Waals surface area contributed by atoms with Crippen LogP contribution in [0.15, 0.2) is 79.1 Å². The Labute approximate surface area is 299 Å². The highest BCUT2D eigenvalue weighted by Crippen LogP contribution is 2.32. The van der Waals surface area contributed by atoms with Gasteiger partial charge in [0, 0.05) is 68.7 Å². The maximum atomic E-state index is 13.8. The predicted molar refractivity (Wildman–Crippen MR) is 192 cm³/mol. The number of aromatic nitrogens is 2. The van der Waals surface area contributed by atoms with E-state index < -0.39 is 23.6 Å². The van der Waals surface area contributed by atoms with Gasteiger partial charge in [0.05, 0.1) is 48.1 Å². The molecule has 2 N–H and O–H groups in total. The number of nitrogens with zero attached hydrogens (tertiary/aromatic N) is 5. The number of alkyl halides is 3. The SMILES string of the molecule is CN(CCN1CCOCC1)C(=O)c1cccc(C(=O)Nc2ccc(N3CCCCC3)cc2C(=O)Nc2cnc(-c3cccc(C(F)(F)F)c3)nc2)c1. The zero-order valence-electron chi connectivity index (χ0n) is 28.8. The van der Waals surface area contributed by atoms with E-state index in [0.29, 0.717) is 25.3 Å². The first-order valence-electron chi connectivity index (χ1n) is 17.2. The normalized spacial score (nSPS) is 15.2. The second-order valence-corrected chi connectivity index (χ2v) is 12.8. The lowest BCUT2D eigenvalue weighted by atomic mass is 10.1. The molecule has 11 nitrogen and oxygen atoms in total. The molecule has 2 fully saturated rings. The van der Waals surface area contributed by atoms with Crippen LogP contribution in [0.25, 0.3) is 11.4 Å². The van der Waals surface area contributed by atoms with Gasteiger partial charge in [0.15, 0.2) is 5.82 Å². The Morgan fingerprint density at radius 3 is 2.27 bits per heavy atom. The lowest BCUT2D eigenvalue weighted by Gasteiger charge is -2.29. The molecular weight excluding hydrogens is 675 g/mol. The van der Waals surface area contributed by atoms with E-state index in [1.54, 1.807) is 42.3 Å². The van der Waals surface area contributed by atoms with Gasteiger partial charge < -0.3 is 25.2 Å². The van der Waals surface area contributed by atoms with Crippen LogP contribution in [0, 0.1) is 0 Å². The zero-order chi connectivity index (χ0) is 36.7. The Morgan fingerprint density at radius 1 is 0.827 bits per heavy atom. The van der Waals surface area contributed by atoms with Crippen LogP contribution in [0.3, 0.4) is 0 Å². The average Bonchev–Trinajstić information content (AvgIpc) is 3.17. The number of hydrogen-bond acceptors (Lipinski definition) is 8. The highest BCUT2D eigenvalue weighted by atomic mass is 19.4. The summed E-state index contributed by atoms with van der Waals surface area (Å²) in [5.74, 6) is -1.20. The molecule has 4 aromatic rings. The van der Waals surface area contributed by atoms with Crippen molar-refractivity contribution >= 4 is 34.8 Å². The smallest absolute Gasteiger partial charge is 0.379 e. The van der Waals surface area contributed by atoms with Crippen LogP contribution in [0.5, 0.6) is 0 Å². The molecule has 0 spiro atoms. The number of halogens is 3. The summed E-state index contributed by atoms with van der Waals surface area (Å²) >= 11 is 0. The largest absolute Gasteiger partial charge is 0.416 e. The van der Waals surface area contributed by atoms with Crippen LogP contribution in [0.1, 0.15) is 55.9 Å². The number of nitrogens with one attached hydrogen (secondary N) is 2. The monoisotopic (exact) mass is 715 g/mol. The number of rotatable bonds is 10. The fraction of sp³-hybridized carbons (Fsp3) is 0.342. The van der Waals surface area contributed by atoms with E-state index in [1.165, 1.54) is 30.6 Å². The maximum Gasteiger partial charge on any atom is 0.416 e. The molecule has 3 aromatic carbocycles. The van der Waals surface area contributed by atoms with E-state index >= 15 is 0 Å². The number of carbonyl (C=O) groups is 3. The summed E-state index contributed by atoms with van der Waals surface area (Å²) in [4.78, 5) is 55.0. The molecule has 272 valence electrons. The van der Waals surface area contributed by atoms with Crippen molar-refractivity contribution in [1.29, 1.82) is 0 Å². The minimum atomic E-state index is -4.51. The third-order valence-corrected chi connectivity index (χ3v) is 9.15. The maximum absolute atomic E-state index is 13.8. The molecule has 3 heterocycles. The van der Waals surface area contributed by atoms with Crippen LogP contribution in [-0.4, -0.2) is 97.0 Å². The van der Waals surface area contributed by atoms with Gasteiger partial charge in [0.25, 0.3) is 17.7 Å². The zero-order valence-corrected chi connectivity index (χ0v) is 28.8. The molecule has 6 rings (SSSR count).